The van der Waals surface area contributed by atoms with E-state index in [4.69, 9.17) is 0 Å². The van der Waals surface area contributed by atoms with Crippen molar-refractivity contribution in [2.24, 2.45) is 0 Å². The average molecular weight is 254 g/mol. The molecule has 1 aliphatic rings. The first-order chi connectivity index (χ1) is 8.41. The second-order valence-corrected chi connectivity index (χ2v) is 4.53. The maximum atomic E-state index is 11.9. The van der Waals surface area contributed by atoms with E-state index in [9.17, 15) is 19.2 Å². The number of Topliss-reactive ketones (excluding diaryl/α,β-unsaturated/α-hetero) is 3. The Kier molecular flexibility index (Phi) is 5.15. The van der Waals surface area contributed by atoms with Crippen LogP contribution in [-0.2, 0) is 19.2 Å². The van der Waals surface area contributed by atoms with Crippen molar-refractivity contribution in [2.75, 3.05) is 19.6 Å². The molecular formula is C12H18N2O4. The van der Waals surface area contributed by atoms with Crippen molar-refractivity contribution < 1.29 is 19.2 Å². The number of hydrogen-bond donors (Lipinski definition) is 1. The van der Waals surface area contributed by atoms with Gasteiger partial charge in [-0.25, -0.2) is 0 Å². The second-order valence-electron chi connectivity index (χ2n) is 4.53. The van der Waals surface area contributed by atoms with E-state index in [1.165, 1.54) is 18.7 Å². The standard InChI is InChI=1S/C12H18N2O4/c1-8(15)5-11(17)10-7-13-3-4-14(10)12(18)6-9(2)16/h10,13H,3-7H2,1-2H3. The summed E-state index contributed by atoms with van der Waals surface area (Å²) in [6, 6.07) is -0.630. The van der Waals surface area contributed by atoms with Crippen LogP contribution in [0.4, 0.5) is 0 Å². The van der Waals surface area contributed by atoms with Gasteiger partial charge in [0.25, 0.3) is 0 Å². The number of piperazine rings is 1. The van der Waals surface area contributed by atoms with Crippen molar-refractivity contribution in [1.29, 1.82) is 0 Å². The van der Waals surface area contributed by atoms with Crippen molar-refractivity contribution in [3.8, 4) is 0 Å². The van der Waals surface area contributed by atoms with Gasteiger partial charge in [0.1, 0.15) is 17.6 Å². The van der Waals surface area contributed by atoms with E-state index < -0.39 is 6.04 Å². The predicted octanol–water partition coefficient (Wildman–Crippen LogP) is -0.686. The fourth-order valence-corrected chi connectivity index (χ4v) is 1.97. The minimum atomic E-state index is -0.630. The molecule has 1 heterocycles. The highest BCUT2D eigenvalue weighted by molar-refractivity contribution is 6.03. The first-order valence-electron chi connectivity index (χ1n) is 5.93. The molecule has 1 rings (SSSR count). The number of nitrogens with zero attached hydrogens (tertiary/aromatic N) is 1. The van der Waals surface area contributed by atoms with Gasteiger partial charge in [0.2, 0.25) is 5.91 Å². The van der Waals surface area contributed by atoms with E-state index in [-0.39, 0.29) is 36.1 Å². The molecule has 0 aliphatic carbocycles. The topological polar surface area (TPSA) is 83.6 Å². The lowest BCUT2D eigenvalue weighted by atomic mass is 10.0. The fourth-order valence-electron chi connectivity index (χ4n) is 1.97. The molecule has 0 radical (unpaired) electrons. The Labute approximate surface area is 106 Å². The number of carbonyl (C=O) groups is 4. The molecule has 1 amide bonds. The van der Waals surface area contributed by atoms with Crippen LogP contribution >= 0.6 is 0 Å². The Morgan fingerprint density at radius 1 is 1.11 bits per heavy atom. The van der Waals surface area contributed by atoms with Gasteiger partial charge >= 0.3 is 0 Å². The van der Waals surface area contributed by atoms with Crippen LogP contribution in [0.2, 0.25) is 0 Å². The summed E-state index contributed by atoms with van der Waals surface area (Å²) in [6.07, 6.45) is -0.361. The number of carbonyl (C=O) groups excluding carboxylic acids is 4. The summed E-state index contributed by atoms with van der Waals surface area (Å²) in [5, 5.41) is 3.02. The number of hydrogen-bond acceptors (Lipinski definition) is 5. The van der Waals surface area contributed by atoms with Gasteiger partial charge in [-0.05, 0) is 13.8 Å². The smallest absolute Gasteiger partial charge is 0.230 e. The molecule has 0 aromatic heterocycles. The van der Waals surface area contributed by atoms with Crippen LogP contribution in [-0.4, -0.2) is 53.8 Å². The van der Waals surface area contributed by atoms with E-state index in [1.54, 1.807) is 0 Å². The fraction of sp³-hybridized carbons (Fsp3) is 0.667. The molecule has 1 aliphatic heterocycles. The van der Waals surface area contributed by atoms with Crippen molar-refractivity contribution in [3.05, 3.63) is 0 Å². The van der Waals surface area contributed by atoms with E-state index in [0.717, 1.165) is 0 Å². The van der Waals surface area contributed by atoms with Gasteiger partial charge in [0, 0.05) is 19.6 Å². The summed E-state index contributed by atoms with van der Waals surface area (Å²) in [5.41, 5.74) is 0. The Morgan fingerprint density at radius 2 is 1.72 bits per heavy atom. The largest absolute Gasteiger partial charge is 0.330 e. The Bertz CT molecular complexity index is 342. The first-order valence-corrected chi connectivity index (χ1v) is 5.93. The van der Waals surface area contributed by atoms with Crippen LogP contribution in [0.15, 0.2) is 0 Å². The molecule has 1 N–H and O–H groups in total. The number of rotatable bonds is 5. The van der Waals surface area contributed by atoms with Crippen molar-refractivity contribution >= 4 is 23.3 Å². The quantitative estimate of drug-likeness (QED) is 0.657. The second kappa shape index (κ2) is 6.39. The van der Waals surface area contributed by atoms with E-state index in [1.807, 2.05) is 0 Å². The summed E-state index contributed by atoms with van der Waals surface area (Å²) in [6.45, 7) is 4.01. The molecule has 0 aromatic carbocycles. The first kappa shape index (κ1) is 14.5. The molecule has 1 fully saturated rings. The normalized spacial score (nSPS) is 19.4. The lowest BCUT2D eigenvalue weighted by molar-refractivity contribution is -0.143. The molecule has 1 unspecified atom stereocenters. The molecule has 0 aromatic rings. The van der Waals surface area contributed by atoms with Crippen LogP contribution in [0.3, 0.4) is 0 Å². The van der Waals surface area contributed by atoms with Crippen molar-refractivity contribution in [3.63, 3.8) is 0 Å². The number of amides is 1. The average Bonchev–Trinajstić information content (AvgIpc) is 2.27. The van der Waals surface area contributed by atoms with Gasteiger partial charge in [0.05, 0.1) is 12.8 Å². The van der Waals surface area contributed by atoms with Crippen molar-refractivity contribution in [2.45, 2.75) is 32.7 Å². The third kappa shape index (κ3) is 4.03. The summed E-state index contributed by atoms with van der Waals surface area (Å²) < 4.78 is 0. The molecule has 0 bridgehead atoms. The number of ketones is 3. The maximum absolute atomic E-state index is 11.9. The molecule has 1 atom stereocenters. The Morgan fingerprint density at radius 3 is 2.28 bits per heavy atom. The van der Waals surface area contributed by atoms with Crippen LogP contribution in [0.1, 0.15) is 26.7 Å². The van der Waals surface area contributed by atoms with Gasteiger partial charge in [-0.3, -0.25) is 19.2 Å². The maximum Gasteiger partial charge on any atom is 0.230 e. The Hall–Kier alpha value is -1.56. The molecule has 18 heavy (non-hydrogen) atoms. The molecular weight excluding hydrogens is 236 g/mol. The van der Waals surface area contributed by atoms with E-state index >= 15 is 0 Å². The molecule has 100 valence electrons. The molecule has 0 saturated carbocycles. The van der Waals surface area contributed by atoms with Gasteiger partial charge in [-0.15, -0.1) is 0 Å². The van der Waals surface area contributed by atoms with E-state index in [2.05, 4.69) is 5.32 Å². The van der Waals surface area contributed by atoms with Crippen molar-refractivity contribution in [1.82, 2.24) is 10.2 Å². The van der Waals surface area contributed by atoms with Gasteiger partial charge in [-0.2, -0.15) is 0 Å². The molecule has 6 heteroatoms. The van der Waals surface area contributed by atoms with Gasteiger partial charge in [-0.1, -0.05) is 0 Å². The van der Waals surface area contributed by atoms with E-state index in [0.29, 0.717) is 19.6 Å². The zero-order chi connectivity index (χ0) is 13.7. The third-order valence-electron chi connectivity index (χ3n) is 2.76. The predicted molar refractivity (Wildman–Crippen MR) is 64.0 cm³/mol. The lowest BCUT2D eigenvalue weighted by Crippen LogP contribution is -2.57. The zero-order valence-electron chi connectivity index (χ0n) is 10.7. The third-order valence-corrected chi connectivity index (χ3v) is 2.76. The SMILES string of the molecule is CC(=O)CC(=O)C1CNCCN1C(=O)CC(C)=O. The summed E-state index contributed by atoms with van der Waals surface area (Å²) >= 11 is 0. The highest BCUT2D eigenvalue weighted by Crippen LogP contribution is 2.09. The molecule has 1 saturated heterocycles. The zero-order valence-corrected chi connectivity index (χ0v) is 10.7. The summed E-state index contributed by atoms with van der Waals surface area (Å²) in [7, 11) is 0. The van der Waals surface area contributed by atoms with Gasteiger partial charge < -0.3 is 10.2 Å². The van der Waals surface area contributed by atoms with Crippen LogP contribution < -0.4 is 5.32 Å². The monoisotopic (exact) mass is 254 g/mol. The molecule has 6 nitrogen and oxygen atoms in total. The van der Waals surface area contributed by atoms with Crippen LogP contribution in [0.25, 0.3) is 0 Å². The Balaban J connectivity index is 2.73. The highest BCUT2D eigenvalue weighted by Gasteiger charge is 2.32. The van der Waals surface area contributed by atoms with Crippen LogP contribution in [0.5, 0.6) is 0 Å². The minimum absolute atomic E-state index is 0.170. The highest BCUT2D eigenvalue weighted by atomic mass is 16.2. The number of nitrogens with one attached hydrogen (secondary N) is 1. The van der Waals surface area contributed by atoms with Crippen LogP contribution in [0, 0.1) is 0 Å². The summed E-state index contributed by atoms with van der Waals surface area (Å²) in [4.78, 5) is 47.0. The van der Waals surface area contributed by atoms with Gasteiger partial charge in [0.15, 0.2) is 5.78 Å². The lowest BCUT2D eigenvalue weighted by Gasteiger charge is -2.35. The summed E-state index contributed by atoms with van der Waals surface area (Å²) in [5.74, 6) is -1.06. The molecule has 0 spiro atoms. The minimum Gasteiger partial charge on any atom is -0.330 e.